The average molecular weight is 422 g/mol. The highest BCUT2D eigenvalue weighted by Gasteiger charge is 2.42. The third kappa shape index (κ3) is 4.89. The zero-order chi connectivity index (χ0) is 19.6. The van der Waals surface area contributed by atoms with Crippen LogP contribution in [0, 0.1) is 0 Å². The molecule has 8 heteroatoms. The molecular weight excluding hydrogens is 394 g/mol. The Morgan fingerprint density at radius 3 is 2.36 bits per heavy atom. The van der Waals surface area contributed by atoms with Gasteiger partial charge in [-0.2, -0.15) is 0 Å². The summed E-state index contributed by atoms with van der Waals surface area (Å²) >= 11 is 1.50. The number of aliphatic imine (C=N–C) groups is 1. The van der Waals surface area contributed by atoms with E-state index >= 15 is 0 Å². The van der Waals surface area contributed by atoms with Gasteiger partial charge in [0.1, 0.15) is 0 Å². The predicted molar refractivity (Wildman–Crippen MR) is 115 cm³/mol. The van der Waals surface area contributed by atoms with E-state index in [1.165, 1.54) is 43.9 Å². The number of carbonyl (C=O) groups excluding carboxylic acids is 1. The highest BCUT2D eigenvalue weighted by atomic mass is 32.2. The van der Waals surface area contributed by atoms with E-state index < -0.39 is 9.84 Å². The molecule has 3 aliphatic rings. The number of hydrogen-bond donors (Lipinski definition) is 2. The van der Waals surface area contributed by atoms with Gasteiger partial charge in [-0.05, 0) is 37.1 Å². The van der Waals surface area contributed by atoms with E-state index in [1.807, 2.05) is 24.3 Å². The largest absolute Gasteiger partial charge is 0.349 e. The van der Waals surface area contributed by atoms with Crippen molar-refractivity contribution >= 4 is 38.4 Å². The van der Waals surface area contributed by atoms with Gasteiger partial charge in [0.2, 0.25) is 0 Å². The van der Waals surface area contributed by atoms with E-state index in [4.69, 9.17) is 0 Å². The van der Waals surface area contributed by atoms with Gasteiger partial charge in [0, 0.05) is 22.5 Å². The van der Waals surface area contributed by atoms with E-state index in [1.54, 1.807) is 0 Å². The number of hydrogen-bond acceptors (Lipinski definition) is 6. The molecule has 2 fully saturated rings. The number of anilines is 1. The van der Waals surface area contributed by atoms with Gasteiger partial charge in [-0.3, -0.25) is 9.79 Å². The number of amidine groups is 1. The van der Waals surface area contributed by atoms with E-state index in [-0.39, 0.29) is 34.7 Å². The van der Waals surface area contributed by atoms with Crippen molar-refractivity contribution in [3.05, 3.63) is 29.8 Å². The standard InChI is InChI=1S/C20H27N3O3S2/c24-19(21-15-6-4-2-1-3-5-7-15)14-8-10-16(11-9-14)22-20-23-17-12-28(25,26)13-18(17)27-20/h8-11,15,17-18H,1-7,12-13H2,(H,21,24)(H,22,23)/t17-,18+/m1/s1. The van der Waals surface area contributed by atoms with Crippen LogP contribution in [-0.4, -0.2) is 48.3 Å². The van der Waals surface area contributed by atoms with Gasteiger partial charge in [0.15, 0.2) is 15.0 Å². The zero-order valence-corrected chi connectivity index (χ0v) is 17.5. The highest BCUT2D eigenvalue weighted by Crippen LogP contribution is 2.34. The summed E-state index contributed by atoms with van der Waals surface area (Å²) in [5.41, 5.74) is 1.52. The minimum absolute atomic E-state index is 0.00977. The van der Waals surface area contributed by atoms with Crippen LogP contribution in [0.4, 0.5) is 5.69 Å². The molecule has 4 rings (SSSR count). The van der Waals surface area contributed by atoms with Crippen molar-refractivity contribution < 1.29 is 13.2 Å². The normalized spacial score (nSPS) is 27.4. The molecule has 0 bridgehead atoms. The maximum Gasteiger partial charge on any atom is 0.251 e. The molecule has 152 valence electrons. The fourth-order valence-electron chi connectivity index (χ4n) is 4.11. The number of nitrogens with zero attached hydrogens (tertiary/aromatic N) is 1. The van der Waals surface area contributed by atoms with Gasteiger partial charge in [0.05, 0.1) is 17.5 Å². The van der Waals surface area contributed by atoms with Crippen LogP contribution in [0.3, 0.4) is 0 Å². The first-order chi connectivity index (χ1) is 13.5. The highest BCUT2D eigenvalue weighted by molar-refractivity contribution is 8.15. The lowest BCUT2D eigenvalue weighted by Gasteiger charge is -2.21. The van der Waals surface area contributed by atoms with Gasteiger partial charge in [0.25, 0.3) is 5.91 Å². The number of amides is 1. The summed E-state index contributed by atoms with van der Waals surface area (Å²) in [5.74, 6) is 0.345. The molecule has 1 aromatic rings. The molecule has 0 unspecified atom stereocenters. The van der Waals surface area contributed by atoms with Crippen molar-refractivity contribution in [3.8, 4) is 0 Å². The van der Waals surface area contributed by atoms with Crippen LogP contribution in [0.15, 0.2) is 29.3 Å². The van der Waals surface area contributed by atoms with Crippen LogP contribution >= 0.6 is 11.8 Å². The van der Waals surface area contributed by atoms with Crippen molar-refractivity contribution in [2.75, 3.05) is 16.8 Å². The Balaban J connectivity index is 1.32. The van der Waals surface area contributed by atoms with E-state index in [2.05, 4.69) is 15.6 Å². The molecule has 2 N–H and O–H groups in total. The van der Waals surface area contributed by atoms with Crippen molar-refractivity contribution in [1.82, 2.24) is 5.32 Å². The molecule has 0 aromatic heterocycles. The molecular formula is C20H27N3O3S2. The average Bonchev–Trinajstić information content (AvgIpc) is 3.10. The molecule has 1 aromatic carbocycles. The fourth-order valence-corrected chi connectivity index (χ4v) is 7.79. The number of sulfone groups is 1. The molecule has 2 aliphatic heterocycles. The monoisotopic (exact) mass is 421 g/mol. The maximum absolute atomic E-state index is 12.5. The summed E-state index contributed by atoms with van der Waals surface area (Å²) in [7, 11) is -2.93. The van der Waals surface area contributed by atoms with E-state index in [0.717, 1.165) is 23.7 Å². The Morgan fingerprint density at radius 1 is 1.00 bits per heavy atom. The van der Waals surface area contributed by atoms with Gasteiger partial charge in [-0.15, -0.1) is 0 Å². The fraction of sp³-hybridized carbons (Fsp3) is 0.600. The SMILES string of the molecule is O=C(NC1CCCCCCC1)c1ccc(NC2=N[C@@H]3CS(=O)(=O)C[C@@H]3S2)cc1. The third-order valence-corrected chi connectivity index (χ3v) is 8.80. The lowest BCUT2D eigenvalue weighted by Crippen LogP contribution is -2.35. The number of thioether (sulfide) groups is 1. The van der Waals surface area contributed by atoms with Gasteiger partial charge < -0.3 is 10.6 Å². The summed E-state index contributed by atoms with van der Waals surface area (Å²) in [4.78, 5) is 17.0. The molecule has 1 saturated carbocycles. The minimum atomic E-state index is -2.93. The molecule has 0 spiro atoms. The Hall–Kier alpha value is -1.54. The Morgan fingerprint density at radius 2 is 1.68 bits per heavy atom. The van der Waals surface area contributed by atoms with Gasteiger partial charge in [-0.1, -0.05) is 43.9 Å². The van der Waals surface area contributed by atoms with Crippen LogP contribution in [0.1, 0.15) is 55.3 Å². The Kier molecular flexibility index (Phi) is 5.96. The second-order valence-electron chi connectivity index (χ2n) is 7.95. The molecule has 6 nitrogen and oxygen atoms in total. The quantitative estimate of drug-likeness (QED) is 0.782. The summed E-state index contributed by atoms with van der Waals surface area (Å²) in [6.45, 7) is 0. The minimum Gasteiger partial charge on any atom is -0.349 e. The molecule has 2 heterocycles. The second kappa shape index (κ2) is 8.45. The van der Waals surface area contributed by atoms with Crippen LogP contribution in [-0.2, 0) is 9.84 Å². The number of rotatable bonds is 3. The smallest absolute Gasteiger partial charge is 0.251 e. The molecule has 1 amide bonds. The van der Waals surface area contributed by atoms with Crippen molar-refractivity contribution in [2.45, 2.75) is 62.3 Å². The zero-order valence-electron chi connectivity index (χ0n) is 15.9. The molecule has 1 saturated heterocycles. The van der Waals surface area contributed by atoms with Crippen molar-refractivity contribution in [2.24, 2.45) is 4.99 Å². The van der Waals surface area contributed by atoms with Crippen molar-refractivity contribution in [1.29, 1.82) is 0 Å². The molecule has 28 heavy (non-hydrogen) atoms. The Labute approximate surface area is 170 Å². The lowest BCUT2D eigenvalue weighted by molar-refractivity contribution is 0.0930. The molecule has 0 radical (unpaired) electrons. The van der Waals surface area contributed by atoms with E-state index in [9.17, 15) is 13.2 Å². The number of fused-ring (bicyclic) bond motifs is 1. The molecule has 1 aliphatic carbocycles. The van der Waals surface area contributed by atoms with Crippen LogP contribution in [0.25, 0.3) is 0 Å². The first-order valence-corrected chi connectivity index (χ1v) is 12.8. The third-order valence-electron chi connectivity index (χ3n) is 5.66. The van der Waals surface area contributed by atoms with Crippen LogP contribution < -0.4 is 10.6 Å². The predicted octanol–water partition coefficient (Wildman–Crippen LogP) is 3.21. The lowest BCUT2D eigenvalue weighted by atomic mass is 9.96. The topological polar surface area (TPSA) is 87.6 Å². The first-order valence-electron chi connectivity index (χ1n) is 10.1. The number of carbonyl (C=O) groups is 1. The number of benzene rings is 1. The van der Waals surface area contributed by atoms with Gasteiger partial charge >= 0.3 is 0 Å². The van der Waals surface area contributed by atoms with Gasteiger partial charge in [-0.25, -0.2) is 8.42 Å². The summed E-state index contributed by atoms with van der Waals surface area (Å²) in [5, 5.41) is 7.22. The molecule has 2 atom stereocenters. The van der Waals surface area contributed by atoms with E-state index in [0.29, 0.717) is 5.56 Å². The van der Waals surface area contributed by atoms with Crippen LogP contribution in [0.2, 0.25) is 0 Å². The van der Waals surface area contributed by atoms with Crippen molar-refractivity contribution in [3.63, 3.8) is 0 Å². The Bertz CT molecular complexity index is 844. The first kappa shape index (κ1) is 19.8. The second-order valence-corrected chi connectivity index (χ2v) is 11.3. The summed E-state index contributed by atoms with van der Waals surface area (Å²) < 4.78 is 23.3. The number of nitrogens with one attached hydrogen (secondary N) is 2. The summed E-state index contributed by atoms with van der Waals surface area (Å²) in [6.07, 6.45) is 8.37. The summed E-state index contributed by atoms with van der Waals surface area (Å²) in [6, 6.07) is 7.55. The maximum atomic E-state index is 12.5. The van der Waals surface area contributed by atoms with Crippen LogP contribution in [0.5, 0.6) is 0 Å².